The Bertz CT molecular complexity index is 1010. The first kappa shape index (κ1) is 16.5. The molecule has 0 saturated carbocycles. The number of aryl methyl sites for hydroxylation is 1. The van der Waals surface area contributed by atoms with E-state index in [1.807, 2.05) is 0 Å². The van der Waals surface area contributed by atoms with E-state index in [9.17, 15) is 9.59 Å². The first-order valence-corrected chi connectivity index (χ1v) is 7.54. The van der Waals surface area contributed by atoms with Gasteiger partial charge < -0.3 is 14.8 Å². The lowest BCUT2D eigenvalue weighted by Gasteiger charge is -2.12. The molecule has 0 saturated heterocycles. The number of aromatic nitrogens is 2. The van der Waals surface area contributed by atoms with Gasteiger partial charge in [-0.3, -0.25) is 9.59 Å². The van der Waals surface area contributed by atoms with E-state index >= 15 is 0 Å². The fourth-order valence-electron chi connectivity index (χ4n) is 2.55. The van der Waals surface area contributed by atoms with Crippen molar-refractivity contribution in [1.29, 1.82) is 0 Å². The van der Waals surface area contributed by atoms with E-state index in [-0.39, 0.29) is 11.3 Å². The van der Waals surface area contributed by atoms with Gasteiger partial charge >= 0.3 is 0 Å². The second-order valence-electron chi connectivity index (χ2n) is 5.34. The molecular weight excluding hydrogens is 322 g/mol. The lowest BCUT2D eigenvalue weighted by molar-refractivity contribution is 0.102. The Morgan fingerprint density at radius 1 is 1.08 bits per heavy atom. The molecule has 7 nitrogen and oxygen atoms in total. The largest absolute Gasteiger partial charge is 0.497 e. The minimum atomic E-state index is -0.435. The quantitative estimate of drug-likeness (QED) is 0.788. The van der Waals surface area contributed by atoms with Crippen molar-refractivity contribution in [3.05, 3.63) is 58.5 Å². The van der Waals surface area contributed by atoms with Gasteiger partial charge in [-0.25, -0.2) is 4.68 Å². The molecule has 0 atom stereocenters. The average Bonchev–Trinajstić information content (AvgIpc) is 2.64. The molecular formula is C18H17N3O4. The van der Waals surface area contributed by atoms with Gasteiger partial charge in [-0.15, -0.1) is 0 Å². The number of benzene rings is 2. The number of amides is 1. The second kappa shape index (κ2) is 6.64. The molecule has 1 aromatic heterocycles. The molecule has 1 N–H and O–H groups in total. The van der Waals surface area contributed by atoms with Crippen molar-refractivity contribution in [3.8, 4) is 11.5 Å². The third-order valence-corrected chi connectivity index (χ3v) is 3.83. The van der Waals surface area contributed by atoms with E-state index in [1.165, 1.54) is 14.2 Å². The number of rotatable bonds is 4. The summed E-state index contributed by atoms with van der Waals surface area (Å²) in [4.78, 5) is 24.9. The maximum absolute atomic E-state index is 12.7. The van der Waals surface area contributed by atoms with Gasteiger partial charge in [0.1, 0.15) is 11.5 Å². The van der Waals surface area contributed by atoms with Crippen LogP contribution in [0.4, 0.5) is 5.69 Å². The number of nitrogens with zero attached hydrogens (tertiary/aromatic N) is 2. The highest BCUT2D eigenvalue weighted by molar-refractivity contribution is 6.11. The molecule has 7 heteroatoms. The molecule has 3 aromatic rings. The summed E-state index contributed by atoms with van der Waals surface area (Å²) < 4.78 is 11.6. The molecule has 128 valence electrons. The van der Waals surface area contributed by atoms with Crippen LogP contribution in [-0.4, -0.2) is 29.9 Å². The Labute approximate surface area is 143 Å². The van der Waals surface area contributed by atoms with Gasteiger partial charge in [0.25, 0.3) is 11.5 Å². The lowest BCUT2D eigenvalue weighted by Crippen LogP contribution is -2.25. The molecule has 0 unspecified atom stereocenters. The molecule has 0 aliphatic rings. The van der Waals surface area contributed by atoms with E-state index < -0.39 is 5.91 Å². The summed E-state index contributed by atoms with van der Waals surface area (Å²) in [6, 6.07) is 11.9. The van der Waals surface area contributed by atoms with E-state index in [4.69, 9.17) is 9.47 Å². The minimum Gasteiger partial charge on any atom is -0.497 e. The topological polar surface area (TPSA) is 82.5 Å². The van der Waals surface area contributed by atoms with Crippen LogP contribution in [0.25, 0.3) is 10.8 Å². The molecule has 1 heterocycles. The van der Waals surface area contributed by atoms with Gasteiger partial charge in [0, 0.05) is 18.5 Å². The van der Waals surface area contributed by atoms with Crippen LogP contribution in [0.3, 0.4) is 0 Å². The lowest BCUT2D eigenvalue weighted by atomic mass is 10.1. The standard InChI is InChI=1S/C18H17N3O4/c1-21-18(23)13-7-5-4-6-12(13)16(20-21)17(22)19-14-9-8-11(24-2)10-15(14)25-3/h4-10H,1-3H3,(H,19,22). The van der Waals surface area contributed by atoms with E-state index in [1.54, 1.807) is 49.6 Å². The number of anilines is 1. The number of hydrogen-bond donors (Lipinski definition) is 1. The van der Waals surface area contributed by atoms with Crippen LogP contribution in [-0.2, 0) is 7.05 Å². The summed E-state index contributed by atoms with van der Waals surface area (Å²) in [6.07, 6.45) is 0. The molecule has 0 aliphatic heterocycles. The Morgan fingerprint density at radius 2 is 1.80 bits per heavy atom. The van der Waals surface area contributed by atoms with Crippen LogP contribution < -0.4 is 20.3 Å². The molecule has 0 bridgehead atoms. The van der Waals surface area contributed by atoms with Gasteiger partial charge in [-0.1, -0.05) is 18.2 Å². The van der Waals surface area contributed by atoms with Gasteiger partial charge in [-0.05, 0) is 18.2 Å². The van der Waals surface area contributed by atoms with Crippen LogP contribution in [0.1, 0.15) is 10.5 Å². The number of nitrogens with one attached hydrogen (secondary N) is 1. The van der Waals surface area contributed by atoms with Crippen molar-refractivity contribution in [3.63, 3.8) is 0 Å². The van der Waals surface area contributed by atoms with Crippen LogP contribution in [0.5, 0.6) is 11.5 Å². The summed E-state index contributed by atoms with van der Waals surface area (Å²) in [7, 11) is 4.57. The number of fused-ring (bicyclic) bond motifs is 1. The van der Waals surface area contributed by atoms with Crippen molar-refractivity contribution >= 4 is 22.4 Å². The number of ether oxygens (including phenoxy) is 2. The van der Waals surface area contributed by atoms with Crippen molar-refractivity contribution in [1.82, 2.24) is 9.78 Å². The summed E-state index contributed by atoms with van der Waals surface area (Å²) in [5.74, 6) is 0.637. The van der Waals surface area contributed by atoms with E-state index in [0.717, 1.165) is 4.68 Å². The third kappa shape index (κ3) is 3.03. The SMILES string of the molecule is COc1ccc(NC(=O)c2nn(C)c(=O)c3ccccc23)c(OC)c1. The summed E-state index contributed by atoms with van der Waals surface area (Å²) >= 11 is 0. The highest BCUT2D eigenvalue weighted by atomic mass is 16.5. The highest BCUT2D eigenvalue weighted by Crippen LogP contribution is 2.29. The van der Waals surface area contributed by atoms with Gasteiger partial charge in [0.05, 0.1) is 25.3 Å². The number of methoxy groups -OCH3 is 2. The van der Waals surface area contributed by atoms with Crippen LogP contribution >= 0.6 is 0 Å². The first-order valence-electron chi connectivity index (χ1n) is 7.54. The van der Waals surface area contributed by atoms with Crippen LogP contribution in [0, 0.1) is 0 Å². The Hall–Kier alpha value is -3.35. The zero-order valence-electron chi connectivity index (χ0n) is 14.1. The fraction of sp³-hybridized carbons (Fsp3) is 0.167. The van der Waals surface area contributed by atoms with E-state index in [0.29, 0.717) is 28.0 Å². The molecule has 3 rings (SSSR count). The number of hydrogen-bond acceptors (Lipinski definition) is 5. The average molecular weight is 339 g/mol. The smallest absolute Gasteiger partial charge is 0.276 e. The van der Waals surface area contributed by atoms with E-state index in [2.05, 4.69) is 10.4 Å². The minimum absolute atomic E-state index is 0.163. The molecule has 0 aliphatic carbocycles. The fourth-order valence-corrected chi connectivity index (χ4v) is 2.55. The maximum atomic E-state index is 12.7. The first-order chi connectivity index (χ1) is 12.0. The zero-order valence-corrected chi connectivity index (χ0v) is 14.1. The predicted molar refractivity (Wildman–Crippen MR) is 94.5 cm³/mol. The Kier molecular flexibility index (Phi) is 4.38. The van der Waals surface area contributed by atoms with Crippen molar-refractivity contribution in [2.24, 2.45) is 7.05 Å². The maximum Gasteiger partial charge on any atom is 0.276 e. The van der Waals surface area contributed by atoms with Gasteiger partial charge in [0.2, 0.25) is 0 Å². The Morgan fingerprint density at radius 3 is 2.48 bits per heavy atom. The molecule has 2 aromatic carbocycles. The predicted octanol–water partition coefficient (Wildman–Crippen LogP) is 2.20. The molecule has 1 amide bonds. The molecule has 0 spiro atoms. The molecule has 0 fully saturated rings. The summed E-state index contributed by atoms with van der Waals surface area (Å²) in [5.41, 5.74) is 0.387. The zero-order chi connectivity index (χ0) is 18.0. The molecule has 25 heavy (non-hydrogen) atoms. The van der Waals surface area contributed by atoms with Crippen molar-refractivity contribution in [2.45, 2.75) is 0 Å². The summed E-state index contributed by atoms with van der Waals surface area (Å²) in [6.45, 7) is 0. The van der Waals surface area contributed by atoms with Crippen molar-refractivity contribution < 1.29 is 14.3 Å². The van der Waals surface area contributed by atoms with Crippen LogP contribution in [0.15, 0.2) is 47.3 Å². The van der Waals surface area contributed by atoms with Crippen molar-refractivity contribution in [2.75, 3.05) is 19.5 Å². The highest BCUT2D eigenvalue weighted by Gasteiger charge is 2.17. The molecule has 0 radical (unpaired) electrons. The second-order valence-corrected chi connectivity index (χ2v) is 5.34. The number of carbonyl (C=O) groups is 1. The Balaban J connectivity index is 2.04. The van der Waals surface area contributed by atoms with Crippen LogP contribution in [0.2, 0.25) is 0 Å². The normalized spacial score (nSPS) is 10.5. The summed E-state index contributed by atoms with van der Waals surface area (Å²) in [5, 5.41) is 7.82. The third-order valence-electron chi connectivity index (χ3n) is 3.83. The monoisotopic (exact) mass is 339 g/mol. The number of carbonyl (C=O) groups excluding carboxylic acids is 1. The van der Waals surface area contributed by atoms with Gasteiger partial charge in [0.15, 0.2) is 5.69 Å². The van der Waals surface area contributed by atoms with Gasteiger partial charge in [-0.2, -0.15) is 5.10 Å².